The second kappa shape index (κ2) is 9.19. The quantitative estimate of drug-likeness (QED) is 0.690. The fourth-order valence-corrected chi connectivity index (χ4v) is 2.00. The number of nitrogens with one attached hydrogen (secondary N) is 2. The highest BCUT2D eigenvalue weighted by atomic mass is 19.3. The maximum atomic E-state index is 12.1. The first-order valence-electron chi connectivity index (χ1n) is 7.09. The van der Waals surface area contributed by atoms with Crippen LogP contribution in [0.1, 0.15) is 25.8 Å². The van der Waals surface area contributed by atoms with Gasteiger partial charge in [0.25, 0.3) is 0 Å². The summed E-state index contributed by atoms with van der Waals surface area (Å²) in [6.45, 7) is 1.15. The standard InChI is InChI=1S/C15H22F2N2O3/c1-10(2)6-12(9-20)19-15(21)18-8-11-4-3-5-13(7-11)22-14(16)17/h3-5,7,10,12,14,20H,6,8-9H2,1-2H3,(H2,18,19,21). The number of carbonyl (C=O) groups is 1. The van der Waals surface area contributed by atoms with Crippen molar-refractivity contribution in [2.24, 2.45) is 5.92 Å². The smallest absolute Gasteiger partial charge is 0.387 e. The van der Waals surface area contributed by atoms with Gasteiger partial charge in [0.05, 0.1) is 12.6 Å². The fraction of sp³-hybridized carbons (Fsp3) is 0.533. The summed E-state index contributed by atoms with van der Waals surface area (Å²) in [6, 6.07) is 5.39. The molecule has 0 spiro atoms. The Morgan fingerprint density at radius 1 is 1.36 bits per heavy atom. The van der Waals surface area contributed by atoms with Gasteiger partial charge < -0.3 is 20.5 Å². The molecule has 1 unspecified atom stereocenters. The van der Waals surface area contributed by atoms with E-state index in [1.807, 2.05) is 13.8 Å². The van der Waals surface area contributed by atoms with E-state index >= 15 is 0 Å². The molecule has 1 aromatic carbocycles. The Labute approximate surface area is 128 Å². The Morgan fingerprint density at radius 3 is 2.68 bits per heavy atom. The van der Waals surface area contributed by atoms with Crippen LogP contribution in [-0.2, 0) is 6.54 Å². The molecule has 0 aromatic heterocycles. The number of aliphatic hydroxyl groups excluding tert-OH is 1. The number of benzene rings is 1. The molecule has 0 aliphatic heterocycles. The molecule has 0 saturated carbocycles. The van der Waals surface area contributed by atoms with Crippen molar-refractivity contribution in [1.82, 2.24) is 10.6 Å². The van der Waals surface area contributed by atoms with E-state index in [2.05, 4.69) is 15.4 Å². The zero-order valence-corrected chi connectivity index (χ0v) is 12.7. The predicted octanol–water partition coefficient (Wildman–Crippen LogP) is 2.49. The lowest BCUT2D eigenvalue weighted by Crippen LogP contribution is -2.44. The Bertz CT molecular complexity index is 470. The van der Waals surface area contributed by atoms with Crippen molar-refractivity contribution in [2.75, 3.05) is 6.61 Å². The molecule has 124 valence electrons. The van der Waals surface area contributed by atoms with Crippen LogP contribution in [0.15, 0.2) is 24.3 Å². The molecule has 3 N–H and O–H groups in total. The van der Waals surface area contributed by atoms with Gasteiger partial charge in [0.15, 0.2) is 0 Å². The molecule has 0 bridgehead atoms. The van der Waals surface area contributed by atoms with Crippen LogP contribution in [0, 0.1) is 5.92 Å². The van der Waals surface area contributed by atoms with Crippen molar-refractivity contribution >= 4 is 6.03 Å². The number of hydrogen-bond donors (Lipinski definition) is 3. The number of alkyl halides is 2. The summed E-state index contributed by atoms with van der Waals surface area (Å²) >= 11 is 0. The van der Waals surface area contributed by atoms with Gasteiger partial charge in [-0.1, -0.05) is 26.0 Å². The van der Waals surface area contributed by atoms with E-state index in [1.165, 1.54) is 12.1 Å². The van der Waals surface area contributed by atoms with E-state index in [0.717, 1.165) is 0 Å². The first-order chi connectivity index (χ1) is 10.4. The van der Waals surface area contributed by atoms with Crippen LogP contribution >= 0.6 is 0 Å². The first-order valence-corrected chi connectivity index (χ1v) is 7.09. The van der Waals surface area contributed by atoms with Gasteiger partial charge in [-0.15, -0.1) is 0 Å². The minimum atomic E-state index is -2.88. The van der Waals surface area contributed by atoms with Crippen LogP contribution in [0.5, 0.6) is 5.75 Å². The minimum Gasteiger partial charge on any atom is -0.435 e. The summed E-state index contributed by atoms with van der Waals surface area (Å²) in [7, 11) is 0. The molecule has 1 rings (SSSR count). The second-order valence-corrected chi connectivity index (χ2v) is 5.36. The highest BCUT2D eigenvalue weighted by Crippen LogP contribution is 2.15. The highest BCUT2D eigenvalue weighted by molar-refractivity contribution is 5.74. The number of rotatable bonds is 8. The van der Waals surface area contributed by atoms with E-state index in [4.69, 9.17) is 0 Å². The molecule has 1 atom stereocenters. The molecule has 22 heavy (non-hydrogen) atoms. The Hall–Kier alpha value is -1.89. The highest BCUT2D eigenvalue weighted by Gasteiger charge is 2.12. The number of urea groups is 1. The summed E-state index contributed by atoms with van der Waals surface area (Å²) < 4.78 is 28.5. The average molecular weight is 316 g/mol. The lowest BCUT2D eigenvalue weighted by molar-refractivity contribution is -0.0498. The van der Waals surface area contributed by atoms with Gasteiger partial charge in [-0.3, -0.25) is 0 Å². The van der Waals surface area contributed by atoms with Crippen LogP contribution in [0.2, 0.25) is 0 Å². The van der Waals surface area contributed by atoms with E-state index in [0.29, 0.717) is 17.9 Å². The SMILES string of the molecule is CC(C)CC(CO)NC(=O)NCc1cccc(OC(F)F)c1. The number of ether oxygens (including phenoxy) is 1. The van der Waals surface area contributed by atoms with Crippen LogP contribution in [0.4, 0.5) is 13.6 Å². The van der Waals surface area contributed by atoms with Crippen molar-refractivity contribution in [2.45, 2.75) is 39.5 Å². The summed E-state index contributed by atoms with van der Waals surface area (Å²) in [6.07, 6.45) is 0.668. The van der Waals surface area contributed by atoms with Gasteiger partial charge in [0.1, 0.15) is 5.75 Å². The van der Waals surface area contributed by atoms with Crippen LogP contribution in [-0.4, -0.2) is 30.4 Å². The normalized spacial score (nSPS) is 12.3. The topological polar surface area (TPSA) is 70.6 Å². The predicted molar refractivity (Wildman–Crippen MR) is 78.8 cm³/mol. The number of aliphatic hydroxyl groups is 1. The molecule has 0 fully saturated rings. The molecule has 1 aromatic rings. The fourth-order valence-electron chi connectivity index (χ4n) is 2.00. The zero-order chi connectivity index (χ0) is 16.5. The third-order valence-corrected chi connectivity index (χ3v) is 2.89. The number of hydrogen-bond acceptors (Lipinski definition) is 3. The number of halogens is 2. The average Bonchev–Trinajstić information content (AvgIpc) is 2.43. The Morgan fingerprint density at radius 2 is 2.09 bits per heavy atom. The molecule has 0 heterocycles. The van der Waals surface area contributed by atoms with Crippen molar-refractivity contribution in [3.05, 3.63) is 29.8 Å². The lowest BCUT2D eigenvalue weighted by atomic mass is 10.0. The van der Waals surface area contributed by atoms with Crippen molar-refractivity contribution in [3.63, 3.8) is 0 Å². The van der Waals surface area contributed by atoms with Crippen molar-refractivity contribution in [3.8, 4) is 5.75 Å². The lowest BCUT2D eigenvalue weighted by Gasteiger charge is -2.18. The maximum Gasteiger partial charge on any atom is 0.387 e. The van der Waals surface area contributed by atoms with E-state index in [9.17, 15) is 18.7 Å². The van der Waals surface area contributed by atoms with Gasteiger partial charge in [-0.25, -0.2) is 4.79 Å². The Kier molecular flexibility index (Phi) is 7.59. The summed E-state index contributed by atoms with van der Waals surface area (Å²) in [5.74, 6) is 0.392. The molecular formula is C15H22F2N2O3. The molecule has 2 amide bonds. The van der Waals surface area contributed by atoms with E-state index in [-0.39, 0.29) is 24.9 Å². The monoisotopic (exact) mass is 316 g/mol. The van der Waals surface area contributed by atoms with Gasteiger partial charge in [-0.05, 0) is 30.0 Å². The van der Waals surface area contributed by atoms with Crippen LogP contribution in [0.3, 0.4) is 0 Å². The molecule has 0 aliphatic rings. The van der Waals surface area contributed by atoms with Crippen molar-refractivity contribution < 1.29 is 23.4 Å². The first kappa shape index (κ1) is 18.2. The third-order valence-electron chi connectivity index (χ3n) is 2.89. The van der Waals surface area contributed by atoms with Gasteiger partial charge in [-0.2, -0.15) is 8.78 Å². The number of amides is 2. The van der Waals surface area contributed by atoms with E-state index < -0.39 is 12.6 Å². The van der Waals surface area contributed by atoms with Gasteiger partial charge in [0, 0.05) is 6.54 Å². The summed E-state index contributed by atoms with van der Waals surface area (Å²) in [4.78, 5) is 11.7. The molecule has 0 radical (unpaired) electrons. The largest absolute Gasteiger partial charge is 0.435 e. The summed E-state index contributed by atoms with van der Waals surface area (Å²) in [5, 5.41) is 14.5. The Balaban J connectivity index is 2.46. The van der Waals surface area contributed by atoms with Crippen LogP contribution < -0.4 is 15.4 Å². The number of carbonyl (C=O) groups excluding carboxylic acids is 1. The minimum absolute atomic E-state index is 0.0442. The van der Waals surface area contributed by atoms with Crippen LogP contribution in [0.25, 0.3) is 0 Å². The molecule has 5 nitrogen and oxygen atoms in total. The molecule has 7 heteroatoms. The molecular weight excluding hydrogens is 294 g/mol. The zero-order valence-electron chi connectivity index (χ0n) is 12.7. The molecule has 0 aliphatic carbocycles. The van der Waals surface area contributed by atoms with Gasteiger partial charge >= 0.3 is 12.6 Å². The third kappa shape index (κ3) is 7.21. The van der Waals surface area contributed by atoms with Crippen molar-refractivity contribution in [1.29, 1.82) is 0 Å². The van der Waals surface area contributed by atoms with E-state index in [1.54, 1.807) is 12.1 Å². The molecule has 0 saturated heterocycles. The van der Waals surface area contributed by atoms with Gasteiger partial charge in [0.2, 0.25) is 0 Å². The second-order valence-electron chi connectivity index (χ2n) is 5.36. The maximum absolute atomic E-state index is 12.1. The summed E-state index contributed by atoms with van der Waals surface area (Å²) in [5.41, 5.74) is 0.637.